The van der Waals surface area contributed by atoms with E-state index in [1.54, 1.807) is 25.3 Å². The maximum Gasteiger partial charge on any atom is 0.282 e. The van der Waals surface area contributed by atoms with Crippen LogP contribution in [0.15, 0.2) is 48.2 Å². The first-order valence-corrected chi connectivity index (χ1v) is 11.2. The molecule has 2 aliphatic rings. The summed E-state index contributed by atoms with van der Waals surface area (Å²) in [6.07, 6.45) is 1.86. The zero-order valence-electron chi connectivity index (χ0n) is 19.9. The van der Waals surface area contributed by atoms with Crippen LogP contribution in [0, 0.1) is 6.92 Å². The van der Waals surface area contributed by atoms with E-state index < -0.39 is 0 Å². The molecule has 2 aliphatic heterocycles. The highest BCUT2D eigenvalue weighted by molar-refractivity contribution is 6.45. The molecule has 1 fully saturated rings. The minimum atomic E-state index is -0.356. The van der Waals surface area contributed by atoms with Crippen molar-refractivity contribution in [2.24, 2.45) is 0 Å². The highest BCUT2D eigenvalue weighted by atomic mass is 16.5. The van der Waals surface area contributed by atoms with Crippen molar-refractivity contribution in [1.29, 1.82) is 0 Å². The van der Waals surface area contributed by atoms with E-state index in [2.05, 4.69) is 11.9 Å². The van der Waals surface area contributed by atoms with Crippen molar-refractivity contribution in [2.45, 2.75) is 25.8 Å². The van der Waals surface area contributed by atoms with Crippen LogP contribution < -0.4 is 14.4 Å². The van der Waals surface area contributed by atoms with Crippen LogP contribution in [-0.2, 0) is 9.59 Å². The molecule has 0 aromatic heterocycles. The fourth-order valence-electron chi connectivity index (χ4n) is 4.58. The van der Waals surface area contributed by atoms with Crippen molar-refractivity contribution < 1.29 is 19.1 Å². The molecule has 1 saturated heterocycles. The van der Waals surface area contributed by atoms with E-state index in [4.69, 9.17) is 9.47 Å². The van der Waals surface area contributed by atoms with Gasteiger partial charge >= 0.3 is 0 Å². The lowest BCUT2D eigenvalue weighted by atomic mass is 9.99. The van der Waals surface area contributed by atoms with Crippen LogP contribution in [-0.4, -0.2) is 69.1 Å². The second kappa shape index (κ2) is 9.27. The number of carbonyl (C=O) groups is 2. The molecule has 174 valence electrons. The molecule has 0 unspecified atom stereocenters. The average molecular weight is 450 g/mol. The Hall–Kier alpha value is -3.32. The van der Waals surface area contributed by atoms with E-state index in [9.17, 15) is 9.59 Å². The Morgan fingerprint density at radius 3 is 2.21 bits per heavy atom. The molecule has 0 N–H and O–H groups in total. The van der Waals surface area contributed by atoms with Gasteiger partial charge in [-0.05, 0) is 57.6 Å². The summed E-state index contributed by atoms with van der Waals surface area (Å²) < 4.78 is 10.9. The van der Waals surface area contributed by atoms with Crippen LogP contribution in [0.25, 0.3) is 5.57 Å². The first kappa shape index (κ1) is 22.9. The molecular weight excluding hydrogens is 418 g/mol. The van der Waals surface area contributed by atoms with Crippen LogP contribution in [0.4, 0.5) is 5.69 Å². The number of piperidine rings is 1. The van der Waals surface area contributed by atoms with Crippen LogP contribution in [0.1, 0.15) is 24.0 Å². The van der Waals surface area contributed by atoms with Crippen molar-refractivity contribution in [1.82, 2.24) is 9.80 Å². The van der Waals surface area contributed by atoms with Crippen LogP contribution >= 0.6 is 0 Å². The summed E-state index contributed by atoms with van der Waals surface area (Å²) >= 11 is 0. The Kier molecular flexibility index (Phi) is 6.42. The highest BCUT2D eigenvalue weighted by Gasteiger charge is 2.44. The minimum Gasteiger partial charge on any atom is -0.497 e. The standard InChI is InChI=1S/C26H31N3O4/c1-17-6-8-18(9-7-17)23-24(28(3)19-12-14-27(2)15-13-19)26(31)29(25(23)30)21-16-20(32-4)10-11-22(21)33-5/h6-11,16,19H,12-15H2,1-5H3. The van der Waals surface area contributed by atoms with Gasteiger partial charge in [0.1, 0.15) is 17.2 Å². The highest BCUT2D eigenvalue weighted by Crippen LogP contribution is 2.41. The van der Waals surface area contributed by atoms with E-state index in [1.165, 1.54) is 12.0 Å². The van der Waals surface area contributed by atoms with Gasteiger partial charge in [-0.15, -0.1) is 0 Å². The van der Waals surface area contributed by atoms with Crippen molar-refractivity contribution in [3.05, 3.63) is 59.3 Å². The molecule has 0 spiro atoms. The Balaban J connectivity index is 1.82. The lowest BCUT2D eigenvalue weighted by Crippen LogP contribution is -2.43. The van der Waals surface area contributed by atoms with E-state index in [0.29, 0.717) is 28.5 Å². The van der Waals surface area contributed by atoms with E-state index in [1.807, 2.05) is 43.1 Å². The number of amides is 2. The number of methoxy groups -OCH3 is 2. The summed E-state index contributed by atoms with van der Waals surface area (Å²) in [7, 11) is 7.11. The summed E-state index contributed by atoms with van der Waals surface area (Å²) in [5, 5.41) is 0. The zero-order valence-corrected chi connectivity index (χ0v) is 19.9. The summed E-state index contributed by atoms with van der Waals surface area (Å²) in [5.74, 6) is 0.276. The predicted molar refractivity (Wildman–Crippen MR) is 128 cm³/mol. The van der Waals surface area contributed by atoms with Gasteiger partial charge in [0.15, 0.2) is 0 Å². The summed E-state index contributed by atoms with van der Waals surface area (Å²) in [5.41, 5.74) is 3.06. The Morgan fingerprint density at radius 1 is 0.939 bits per heavy atom. The monoisotopic (exact) mass is 449 g/mol. The van der Waals surface area contributed by atoms with Crippen molar-refractivity contribution in [3.63, 3.8) is 0 Å². The molecule has 2 amide bonds. The van der Waals surface area contributed by atoms with Gasteiger partial charge < -0.3 is 19.3 Å². The number of hydrogen-bond acceptors (Lipinski definition) is 6. The number of imide groups is 1. The third-order valence-electron chi connectivity index (χ3n) is 6.62. The number of nitrogens with zero attached hydrogens (tertiary/aromatic N) is 3. The third kappa shape index (κ3) is 4.20. The summed E-state index contributed by atoms with van der Waals surface area (Å²) in [6, 6.07) is 13.0. The topological polar surface area (TPSA) is 62.3 Å². The molecule has 2 aromatic rings. The van der Waals surface area contributed by atoms with E-state index in [0.717, 1.165) is 37.1 Å². The smallest absolute Gasteiger partial charge is 0.282 e. The minimum absolute atomic E-state index is 0.181. The average Bonchev–Trinajstić information content (AvgIpc) is 3.08. The van der Waals surface area contributed by atoms with Crippen molar-refractivity contribution in [3.8, 4) is 11.5 Å². The molecule has 0 aliphatic carbocycles. The number of likely N-dealkylation sites (tertiary alicyclic amines) is 1. The number of anilines is 1. The normalized spacial score (nSPS) is 17.7. The van der Waals surface area contributed by atoms with Gasteiger partial charge in [0, 0.05) is 19.2 Å². The molecule has 7 heteroatoms. The van der Waals surface area contributed by atoms with Crippen molar-refractivity contribution in [2.75, 3.05) is 46.3 Å². The molecule has 33 heavy (non-hydrogen) atoms. The molecule has 0 bridgehead atoms. The predicted octanol–water partition coefficient (Wildman–Crippen LogP) is 3.32. The van der Waals surface area contributed by atoms with Crippen molar-refractivity contribution >= 4 is 23.1 Å². The van der Waals surface area contributed by atoms with Crippen LogP contribution in [0.5, 0.6) is 11.5 Å². The first-order chi connectivity index (χ1) is 15.8. The lowest BCUT2D eigenvalue weighted by Gasteiger charge is -2.36. The van der Waals surface area contributed by atoms with Crippen LogP contribution in [0.3, 0.4) is 0 Å². The van der Waals surface area contributed by atoms with Gasteiger partial charge in [-0.25, -0.2) is 4.90 Å². The maximum atomic E-state index is 13.9. The number of benzene rings is 2. The van der Waals surface area contributed by atoms with E-state index >= 15 is 0 Å². The molecule has 0 atom stereocenters. The van der Waals surface area contributed by atoms with E-state index in [-0.39, 0.29) is 17.9 Å². The van der Waals surface area contributed by atoms with Gasteiger partial charge in [0.05, 0.1) is 25.5 Å². The molecule has 2 aromatic carbocycles. The Morgan fingerprint density at radius 2 is 1.61 bits per heavy atom. The fraction of sp³-hybridized carbons (Fsp3) is 0.385. The zero-order chi connectivity index (χ0) is 23.7. The molecule has 2 heterocycles. The first-order valence-electron chi connectivity index (χ1n) is 11.2. The lowest BCUT2D eigenvalue weighted by molar-refractivity contribution is -0.120. The number of hydrogen-bond donors (Lipinski definition) is 0. The molecule has 0 saturated carbocycles. The summed E-state index contributed by atoms with van der Waals surface area (Å²) in [6.45, 7) is 3.91. The summed E-state index contributed by atoms with van der Waals surface area (Å²) in [4.78, 5) is 33.2. The van der Waals surface area contributed by atoms with Gasteiger partial charge in [-0.1, -0.05) is 29.8 Å². The second-order valence-electron chi connectivity index (χ2n) is 8.72. The fourth-order valence-corrected chi connectivity index (χ4v) is 4.58. The number of carbonyl (C=O) groups excluding carboxylic acids is 2. The SMILES string of the molecule is COc1ccc(OC)c(N2C(=O)C(c3ccc(C)cc3)=C(N(C)C3CCN(C)CC3)C2=O)c1. The number of aryl methyl sites for hydroxylation is 1. The number of likely N-dealkylation sites (N-methyl/N-ethyl adjacent to an activating group) is 1. The largest absolute Gasteiger partial charge is 0.497 e. The number of rotatable bonds is 6. The second-order valence-corrected chi connectivity index (χ2v) is 8.72. The Labute approximate surface area is 195 Å². The molecule has 0 radical (unpaired) electrons. The maximum absolute atomic E-state index is 13.9. The van der Waals surface area contributed by atoms with Gasteiger partial charge in [-0.2, -0.15) is 0 Å². The van der Waals surface area contributed by atoms with Crippen LogP contribution in [0.2, 0.25) is 0 Å². The Bertz CT molecular complexity index is 1090. The number of ether oxygens (including phenoxy) is 2. The van der Waals surface area contributed by atoms with Gasteiger partial charge in [0.2, 0.25) is 0 Å². The quantitative estimate of drug-likeness (QED) is 0.631. The molecule has 7 nitrogen and oxygen atoms in total. The molecule has 4 rings (SSSR count). The third-order valence-corrected chi connectivity index (χ3v) is 6.62. The molecular formula is C26H31N3O4. The van der Waals surface area contributed by atoms with Gasteiger partial charge in [-0.3, -0.25) is 9.59 Å². The van der Waals surface area contributed by atoms with Gasteiger partial charge in [0.25, 0.3) is 11.8 Å².